The van der Waals surface area contributed by atoms with Crippen molar-refractivity contribution in [1.82, 2.24) is 9.36 Å². The second-order valence-corrected chi connectivity index (χ2v) is 9.65. The first-order chi connectivity index (χ1) is 19.1. The molecule has 0 radical (unpaired) electrons. The monoisotopic (exact) mass is 511 g/mol. The molecule has 1 aliphatic rings. The van der Waals surface area contributed by atoms with Crippen molar-refractivity contribution in [2.24, 2.45) is 17.1 Å². The Morgan fingerprint density at radius 3 is 2.08 bits per heavy atom. The largest absolute Gasteiger partial charge is 0.297 e. The second-order valence-electron chi connectivity index (χ2n) is 9.65. The van der Waals surface area contributed by atoms with Gasteiger partial charge < -0.3 is 0 Å². The first-order valence-electron chi connectivity index (χ1n) is 13.1. The number of aromatic nitrogens is 2. The summed E-state index contributed by atoms with van der Waals surface area (Å²) in [5, 5.41) is 7.15. The van der Waals surface area contributed by atoms with Gasteiger partial charge in [0.25, 0.3) is 5.56 Å². The first-order valence-corrected chi connectivity index (χ1v) is 13.1. The normalized spacial score (nSPS) is 15.2. The molecule has 0 saturated carbocycles. The molecule has 0 amide bonds. The van der Waals surface area contributed by atoms with Gasteiger partial charge in [-0.05, 0) is 47.9 Å². The van der Waals surface area contributed by atoms with Crippen LogP contribution in [0.3, 0.4) is 0 Å². The van der Waals surface area contributed by atoms with Crippen molar-refractivity contribution in [2.45, 2.75) is 19.4 Å². The van der Waals surface area contributed by atoms with E-state index in [0.717, 1.165) is 40.3 Å². The van der Waals surface area contributed by atoms with Gasteiger partial charge in [-0.1, -0.05) is 91.0 Å². The van der Waals surface area contributed by atoms with Crippen molar-refractivity contribution >= 4 is 23.3 Å². The Morgan fingerprint density at radius 2 is 1.41 bits per heavy atom. The third-order valence-corrected chi connectivity index (χ3v) is 7.23. The van der Waals surface area contributed by atoms with Gasteiger partial charge in [-0.15, -0.1) is 0 Å². The maximum atomic E-state index is 13.2. The van der Waals surface area contributed by atoms with Gasteiger partial charge in [-0.2, -0.15) is 5.10 Å². The van der Waals surface area contributed by atoms with E-state index in [9.17, 15) is 4.79 Å². The zero-order valence-electron chi connectivity index (χ0n) is 22.0. The lowest BCUT2D eigenvalue weighted by Crippen LogP contribution is -2.19. The Morgan fingerprint density at radius 1 is 0.795 bits per heavy atom. The minimum atomic E-state index is -0.139. The van der Waals surface area contributed by atoms with Gasteiger partial charge in [0.15, 0.2) is 5.69 Å². The summed E-state index contributed by atoms with van der Waals surface area (Å²) in [6.07, 6.45) is 2.58. The van der Waals surface area contributed by atoms with Crippen LogP contribution in [0.15, 0.2) is 130 Å². The van der Waals surface area contributed by atoms with Gasteiger partial charge in [0.2, 0.25) is 0 Å². The molecule has 0 aliphatic carbocycles. The third kappa shape index (κ3) is 4.73. The van der Waals surface area contributed by atoms with Gasteiger partial charge in [0.05, 0.1) is 28.8 Å². The minimum absolute atomic E-state index is 0.115. The number of hydrogen-bond acceptors (Lipinski definition) is 4. The first kappa shape index (κ1) is 24.4. The van der Waals surface area contributed by atoms with Crippen molar-refractivity contribution in [3.63, 3.8) is 0 Å². The van der Waals surface area contributed by atoms with E-state index >= 15 is 0 Å². The zero-order valence-corrected chi connectivity index (χ0v) is 22.0. The van der Waals surface area contributed by atoms with Crippen LogP contribution >= 0.6 is 0 Å². The van der Waals surface area contributed by atoms with E-state index in [-0.39, 0.29) is 11.6 Å². The molecule has 6 nitrogen and oxygen atoms in total. The smallest absolute Gasteiger partial charge is 0.283 e. The maximum Gasteiger partial charge on any atom is 0.297 e. The summed E-state index contributed by atoms with van der Waals surface area (Å²) in [5.74, 6) is 0. The quantitative estimate of drug-likeness (QED) is 0.242. The number of aliphatic imine (C=N–C) groups is 1. The van der Waals surface area contributed by atoms with Crippen LogP contribution in [0.25, 0.3) is 5.69 Å². The van der Waals surface area contributed by atoms with E-state index in [2.05, 4.69) is 70.7 Å². The number of para-hydroxylation sites is 1. The number of anilines is 1. The standard InChI is InChI=1S/C33H29N5O/c1-24-32(33(39)38(36(24)2)29-16-10-5-11-17-29)34-23-25-18-20-28(21-19-25)37-31(27-14-8-4-9-15-27)22-30(35-37)26-12-6-3-7-13-26/h3-21,23,31H,22H2,1-2H3/t31-/m0/s1. The molecule has 0 unspecified atom stereocenters. The van der Waals surface area contributed by atoms with E-state index < -0.39 is 0 Å². The fourth-order valence-corrected chi connectivity index (χ4v) is 5.04. The molecule has 2 heterocycles. The van der Waals surface area contributed by atoms with Crippen molar-refractivity contribution < 1.29 is 0 Å². The SMILES string of the molecule is Cc1c(N=Cc2ccc(N3N=C(c4ccccc4)C[C@H]3c3ccccc3)cc2)c(=O)n(-c2ccccc2)n1C. The maximum absolute atomic E-state index is 13.2. The molecule has 0 spiro atoms. The Labute approximate surface area is 227 Å². The number of hydrazone groups is 1. The third-order valence-electron chi connectivity index (χ3n) is 7.23. The Hall–Kier alpha value is -4.97. The lowest BCUT2D eigenvalue weighted by atomic mass is 9.98. The van der Waals surface area contributed by atoms with Crippen molar-refractivity contribution in [3.05, 3.63) is 148 Å². The molecule has 6 rings (SSSR count). The van der Waals surface area contributed by atoms with E-state index in [1.165, 1.54) is 5.56 Å². The van der Waals surface area contributed by atoms with Crippen molar-refractivity contribution in [2.75, 3.05) is 5.01 Å². The summed E-state index contributed by atoms with van der Waals surface area (Å²) in [6.45, 7) is 1.91. The van der Waals surface area contributed by atoms with Crippen LogP contribution < -0.4 is 10.6 Å². The summed E-state index contributed by atoms with van der Waals surface area (Å²) >= 11 is 0. The minimum Gasteiger partial charge on any atom is -0.283 e. The molecule has 0 bridgehead atoms. The topological polar surface area (TPSA) is 54.9 Å². The highest BCUT2D eigenvalue weighted by Crippen LogP contribution is 2.36. The Kier molecular flexibility index (Phi) is 6.51. The molecule has 4 aromatic carbocycles. The van der Waals surface area contributed by atoms with E-state index in [1.54, 1.807) is 10.9 Å². The zero-order chi connectivity index (χ0) is 26.8. The molecule has 5 aromatic rings. The summed E-state index contributed by atoms with van der Waals surface area (Å²) in [6, 6.07) is 38.8. The average Bonchev–Trinajstić information content (AvgIpc) is 3.53. The molecule has 0 fully saturated rings. The highest BCUT2D eigenvalue weighted by Gasteiger charge is 2.29. The fraction of sp³-hybridized carbons (Fsp3) is 0.121. The predicted octanol–water partition coefficient (Wildman–Crippen LogP) is 6.59. The highest BCUT2D eigenvalue weighted by atomic mass is 16.1. The molecule has 1 aromatic heterocycles. The van der Waals surface area contributed by atoms with Crippen LogP contribution in [-0.4, -0.2) is 21.3 Å². The Bertz CT molecular complexity index is 1700. The van der Waals surface area contributed by atoms with Gasteiger partial charge in [0, 0.05) is 19.7 Å². The lowest BCUT2D eigenvalue weighted by molar-refractivity contribution is 0.630. The van der Waals surface area contributed by atoms with Crippen LogP contribution in [-0.2, 0) is 7.05 Å². The average molecular weight is 512 g/mol. The second kappa shape index (κ2) is 10.4. The van der Waals surface area contributed by atoms with Crippen molar-refractivity contribution in [3.8, 4) is 5.69 Å². The van der Waals surface area contributed by atoms with Gasteiger partial charge in [-0.3, -0.25) is 14.5 Å². The Balaban J connectivity index is 1.29. The lowest BCUT2D eigenvalue weighted by Gasteiger charge is -2.24. The molecule has 0 N–H and O–H groups in total. The molecule has 39 heavy (non-hydrogen) atoms. The summed E-state index contributed by atoms with van der Waals surface area (Å²) in [5.41, 5.74) is 7.28. The van der Waals surface area contributed by atoms with E-state index in [1.807, 2.05) is 73.3 Å². The van der Waals surface area contributed by atoms with Crippen LogP contribution in [0.5, 0.6) is 0 Å². The van der Waals surface area contributed by atoms with E-state index in [0.29, 0.717) is 5.69 Å². The summed E-state index contributed by atoms with van der Waals surface area (Å²) in [4.78, 5) is 17.8. The van der Waals surface area contributed by atoms with Crippen LogP contribution in [0.4, 0.5) is 11.4 Å². The van der Waals surface area contributed by atoms with Crippen LogP contribution in [0, 0.1) is 6.92 Å². The van der Waals surface area contributed by atoms with Crippen molar-refractivity contribution in [1.29, 1.82) is 0 Å². The highest BCUT2D eigenvalue weighted by molar-refractivity contribution is 6.03. The fourth-order valence-electron chi connectivity index (χ4n) is 5.04. The molecule has 1 atom stereocenters. The van der Waals surface area contributed by atoms with Crippen LogP contribution in [0.1, 0.15) is 34.8 Å². The number of benzene rings is 4. The van der Waals surface area contributed by atoms with Crippen LogP contribution in [0.2, 0.25) is 0 Å². The molecular weight excluding hydrogens is 482 g/mol. The number of nitrogens with zero attached hydrogens (tertiary/aromatic N) is 5. The molecule has 0 saturated heterocycles. The van der Waals surface area contributed by atoms with Gasteiger partial charge in [0.1, 0.15) is 0 Å². The summed E-state index contributed by atoms with van der Waals surface area (Å²) in [7, 11) is 1.88. The van der Waals surface area contributed by atoms with Gasteiger partial charge >= 0.3 is 0 Å². The molecular formula is C33H29N5O. The van der Waals surface area contributed by atoms with Gasteiger partial charge in [-0.25, -0.2) is 9.67 Å². The van der Waals surface area contributed by atoms with E-state index in [4.69, 9.17) is 5.10 Å². The molecule has 192 valence electrons. The molecule has 6 heteroatoms. The molecule has 1 aliphatic heterocycles. The summed E-state index contributed by atoms with van der Waals surface area (Å²) < 4.78 is 3.48. The predicted molar refractivity (Wildman–Crippen MR) is 159 cm³/mol. The number of rotatable bonds is 6. The number of hydrogen-bond donors (Lipinski definition) is 0.